The molecule has 110 valence electrons. The summed E-state index contributed by atoms with van der Waals surface area (Å²) in [6.45, 7) is 1.08. The smallest absolute Gasteiger partial charge is 0.303 e. The van der Waals surface area contributed by atoms with Gasteiger partial charge >= 0.3 is 5.97 Å². The van der Waals surface area contributed by atoms with E-state index in [1.807, 2.05) is 35.2 Å². The van der Waals surface area contributed by atoms with Crippen LogP contribution in [0.3, 0.4) is 0 Å². The summed E-state index contributed by atoms with van der Waals surface area (Å²) >= 11 is 0. The van der Waals surface area contributed by atoms with E-state index in [9.17, 15) is 9.18 Å². The molecule has 0 aliphatic carbocycles. The Morgan fingerprint density at radius 1 is 1.24 bits per heavy atom. The van der Waals surface area contributed by atoms with Crippen LogP contribution in [0.5, 0.6) is 0 Å². The van der Waals surface area contributed by atoms with Crippen molar-refractivity contribution in [2.24, 2.45) is 0 Å². The molecule has 5 heteroatoms. The van der Waals surface area contributed by atoms with Gasteiger partial charge in [-0.25, -0.2) is 4.39 Å². The van der Waals surface area contributed by atoms with E-state index in [-0.39, 0.29) is 12.2 Å². The van der Waals surface area contributed by atoms with Gasteiger partial charge in [0.25, 0.3) is 0 Å². The van der Waals surface area contributed by atoms with Gasteiger partial charge in [-0.1, -0.05) is 18.2 Å². The van der Waals surface area contributed by atoms with Gasteiger partial charge in [0, 0.05) is 31.4 Å². The Kier molecular flexibility index (Phi) is 5.26. The van der Waals surface area contributed by atoms with Crippen LogP contribution in [0.4, 0.5) is 10.1 Å². The fraction of sp³-hybridized carbons (Fsp3) is 0.250. The van der Waals surface area contributed by atoms with Crippen molar-refractivity contribution in [2.45, 2.75) is 19.4 Å². The van der Waals surface area contributed by atoms with Crippen LogP contribution in [0, 0.1) is 5.82 Å². The lowest BCUT2D eigenvalue weighted by Crippen LogP contribution is -2.24. The molecule has 0 radical (unpaired) electrons. The van der Waals surface area contributed by atoms with Crippen LogP contribution < -0.4 is 4.90 Å². The molecule has 2 rings (SSSR count). The fourth-order valence-corrected chi connectivity index (χ4v) is 2.12. The molecule has 0 atom stereocenters. The maximum absolute atomic E-state index is 13.2. The van der Waals surface area contributed by atoms with Crippen molar-refractivity contribution >= 4 is 11.7 Å². The number of carboxylic acid groups (broad SMARTS) is 1. The zero-order chi connectivity index (χ0) is 15.1. The molecule has 1 heterocycles. The van der Waals surface area contributed by atoms with E-state index in [1.54, 1.807) is 6.20 Å². The van der Waals surface area contributed by atoms with Gasteiger partial charge in [-0.05, 0) is 30.2 Å². The third-order valence-electron chi connectivity index (χ3n) is 3.07. The molecule has 1 aromatic carbocycles. The van der Waals surface area contributed by atoms with E-state index in [4.69, 9.17) is 5.11 Å². The first-order valence-electron chi connectivity index (χ1n) is 6.76. The topological polar surface area (TPSA) is 53.4 Å². The van der Waals surface area contributed by atoms with Crippen LogP contribution in [0.2, 0.25) is 0 Å². The van der Waals surface area contributed by atoms with Crippen LogP contribution in [0.1, 0.15) is 18.4 Å². The average Bonchev–Trinajstić information content (AvgIpc) is 2.47. The van der Waals surface area contributed by atoms with Crippen molar-refractivity contribution in [1.29, 1.82) is 0 Å². The highest BCUT2D eigenvalue weighted by molar-refractivity contribution is 5.66. The molecule has 21 heavy (non-hydrogen) atoms. The lowest BCUT2D eigenvalue weighted by atomic mass is 10.2. The number of hydrogen-bond acceptors (Lipinski definition) is 3. The minimum absolute atomic E-state index is 0.116. The SMILES string of the molecule is O=C(O)CCCN(Cc1cncc(F)c1)c1ccccc1. The minimum Gasteiger partial charge on any atom is -0.481 e. The molecular weight excluding hydrogens is 271 g/mol. The number of anilines is 1. The van der Waals surface area contributed by atoms with Crippen LogP contribution >= 0.6 is 0 Å². The number of hydrogen-bond donors (Lipinski definition) is 1. The highest BCUT2D eigenvalue weighted by Crippen LogP contribution is 2.17. The van der Waals surface area contributed by atoms with Crippen LogP contribution in [-0.4, -0.2) is 22.6 Å². The van der Waals surface area contributed by atoms with Crippen LogP contribution in [0.25, 0.3) is 0 Å². The minimum atomic E-state index is -0.810. The van der Waals surface area contributed by atoms with Gasteiger partial charge in [0.15, 0.2) is 0 Å². The first-order chi connectivity index (χ1) is 10.1. The van der Waals surface area contributed by atoms with Gasteiger partial charge < -0.3 is 10.0 Å². The molecule has 2 aromatic rings. The molecule has 4 nitrogen and oxygen atoms in total. The summed E-state index contributed by atoms with van der Waals surface area (Å²) in [6.07, 6.45) is 3.44. The first kappa shape index (κ1) is 15.0. The van der Waals surface area contributed by atoms with Crippen LogP contribution in [0.15, 0.2) is 48.8 Å². The van der Waals surface area contributed by atoms with E-state index in [1.165, 1.54) is 12.3 Å². The first-order valence-corrected chi connectivity index (χ1v) is 6.76. The summed E-state index contributed by atoms with van der Waals surface area (Å²) in [7, 11) is 0. The molecule has 0 aliphatic rings. The number of halogens is 1. The molecule has 0 unspecified atom stereocenters. The van der Waals surface area contributed by atoms with Crippen molar-refractivity contribution in [3.8, 4) is 0 Å². The molecule has 0 fully saturated rings. The Hall–Kier alpha value is -2.43. The van der Waals surface area contributed by atoms with E-state index in [2.05, 4.69) is 4.98 Å². The Morgan fingerprint density at radius 3 is 2.67 bits per heavy atom. The van der Waals surface area contributed by atoms with Gasteiger partial charge in [-0.2, -0.15) is 0 Å². The lowest BCUT2D eigenvalue weighted by Gasteiger charge is -2.24. The molecule has 0 spiro atoms. The maximum Gasteiger partial charge on any atom is 0.303 e. The van der Waals surface area contributed by atoms with Crippen molar-refractivity contribution in [3.05, 3.63) is 60.2 Å². The quantitative estimate of drug-likeness (QED) is 0.850. The Bertz CT molecular complexity index is 590. The number of carbonyl (C=O) groups is 1. The molecule has 0 amide bonds. The second kappa shape index (κ2) is 7.38. The molecular formula is C16H17FN2O2. The molecule has 0 aliphatic heterocycles. The fourth-order valence-electron chi connectivity index (χ4n) is 2.12. The predicted molar refractivity (Wildman–Crippen MR) is 78.6 cm³/mol. The monoisotopic (exact) mass is 288 g/mol. The predicted octanol–water partition coefficient (Wildman–Crippen LogP) is 3.09. The van der Waals surface area contributed by atoms with Crippen molar-refractivity contribution in [2.75, 3.05) is 11.4 Å². The Morgan fingerprint density at radius 2 is 2.00 bits per heavy atom. The third kappa shape index (κ3) is 4.87. The van der Waals surface area contributed by atoms with E-state index in [0.29, 0.717) is 19.5 Å². The number of aliphatic carboxylic acids is 1. The largest absolute Gasteiger partial charge is 0.481 e. The normalized spacial score (nSPS) is 10.3. The second-order valence-electron chi connectivity index (χ2n) is 4.77. The highest BCUT2D eigenvalue weighted by atomic mass is 19.1. The summed E-state index contributed by atoms with van der Waals surface area (Å²) in [5, 5.41) is 8.74. The highest BCUT2D eigenvalue weighted by Gasteiger charge is 2.09. The van der Waals surface area contributed by atoms with Gasteiger partial charge in [0.2, 0.25) is 0 Å². The number of benzene rings is 1. The molecule has 1 N–H and O–H groups in total. The molecule has 0 bridgehead atoms. The van der Waals surface area contributed by atoms with Gasteiger partial charge in [-0.3, -0.25) is 9.78 Å². The average molecular weight is 288 g/mol. The van der Waals surface area contributed by atoms with Gasteiger partial charge in [0.1, 0.15) is 5.82 Å². The Labute approximate surface area is 122 Å². The number of aromatic nitrogens is 1. The molecule has 0 saturated carbocycles. The summed E-state index contributed by atoms with van der Waals surface area (Å²) in [6, 6.07) is 11.1. The van der Waals surface area contributed by atoms with E-state index in [0.717, 1.165) is 11.3 Å². The molecule has 0 saturated heterocycles. The van der Waals surface area contributed by atoms with E-state index < -0.39 is 5.97 Å². The van der Waals surface area contributed by atoms with Crippen molar-refractivity contribution in [3.63, 3.8) is 0 Å². The van der Waals surface area contributed by atoms with Crippen molar-refractivity contribution in [1.82, 2.24) is 4.98 Å². The van der Waals surface area contributed by atoms with Crippen molar-refractivity contribution < 1.29 is 14.3 Å². The summed E-state index contributed by atoms with van der Waals surface area (Å²) in [5.74, 6) is -1.18. The van der Waals surface area contributed by atoms with Crippen LogP contribution in [-0.2, 0) is 11.3 Å². The zero-order valence-corrected chi connectivity index (χ0v) is 11.6. The van der Waals surface area contributed by atoms with E-state index >= 15 is 0 Å². The summed E-state index contributed by atoms with van der Waals surface area (Å²) in [4.78, 5) is 16.5. The standard InChI is InChI=1S/C16H17FN2O2/c17-14-9-13(10-18-11-14)12-19(8-4-7-16(20)21)15-5-2-1-3-6-15/h1-3,5-6,9-11H,4,7-8,12H2,(H,20,21). The summed E-state index contributed by atoms with van der Waals surface area (Å²) < 4.78 is 13.2. The number of rotatable bonds is 7. The summed E-state index contributed by atoms with van der Waals surface area (Å²) in [5.41, 5.74) is 1.74. The number of nitrogens with zero attached hydrogens (tertiary/aromatic N) is 2. The number of pyridine rings is 1. The zero-order valence-electron chi connectivity index (χ0n) is 11.6. The third-order valence-corrected chi connectivity index (χ3v) is 3.07. The van der Waals surface area contributed by atoms with Gasteiger partial charge in [0.05, 0.1) is 6.20 Å². The molecule has 1 aromatic heterocycles. The number of para-hydroxylation sites is 1. The number of carboxylic acids is 1. The lowest BCUT2D eigenvalue weighted by molar-refractivity contribution is -0.137. The second-order valence-corrected chi connectivity index (χ2v) is 4.77. The Balaban J connectivity index is 2.10. The maximum atomic E-state index is 13.2. The van der Waals surface area contributed by atoms with Gasteiger partial charge in [-0.15, -0.1) is 0 Å².